The van der Waals surface area contributed by atoms with Crippen molar-refractivity contribution in [3.8, 4) is 11.4 Å². The maximum absolute atomic E-state index is 12.4. The predicted molar refractivity (Wildman–Crippen MR) is 73.3 cm³/mol. The van der Waals surface area contributed by atoms with Crippen LogP contribution in [-0.4, -0.2) is 46.5 Å². The van der Waals surface area contributed by atoms with E-state index in [0.717, 1.165) is 5.56 Å². The summed E-state index contributed by atoms with van der Waals surface area (Å²) in [5.74, 6) is 0.391. The molecule has 3 rings (SSSR count). The summed E-state index contributed by atoms with van der Waals surface area (Å²) in [6.07, 6.45) is 1.60. The Labute approximate surface area is 120 Å². The predicted octanol–water partition coefficient (Wildman–Crippen LogP) is 0.699. The van der Waals surface area contributed by atoms with Gasteiger partial charge in [-0.05, 0) is 12.1 Å². The minimum Gasteiger partial charge on any atom is -0.354 e. The van der Waals surface area contributed by atoms with E-state index in [2.05, 4.69) is 15.5 Å². The van der Waals surface area contributed by atoms with Gasteiger partial charge in [-0.3, -0.25) is 9.59 Å². The van der Waals surface area contributed by atoms with Gasteiger partial charge in [0.05, 0.1) is 0 Å². The first-order valence-corrected chi connectivity index (χ1v) is 6.67. The van der Waals surface area contributed by atoms with Crippen LogP contribution in [0, 0.1) is 0 Å². The number of hydrogen-bond donors (Lipinski definition) is 1. The lowest BCUT2D eigenvalue weighted by molar-refractivity contribution is -0.120. The van der Waals surface area contributed by atoms with Crippen molar-refractivity contribution in [1.82, 2.24) is 20.4 Å². The lowest BCUT2D eigenvalue weighted by atomic mass is 10.1. The van der Waals surface area contributed by atoms with Gasteiger partial charge in [0.2, 0.25) is 18.1 Å². The summed E-state index contributed by atoms with van der Waals surface area (Å²) < 4.78 is 4.69. The average molecular weight is 286 g/mol. The molecule has 0 spiro atoms. The molecule has 1 N–H and O–H groups in total. The SMILES string of the molecule is O=C1CCN(C(=O)c2ccc(-c3ncon3)cc2)CCN1. The van der Waals surface area contributed by atoms with E-state index in [-0.39, 0.29) is 11.8 Å². The molecular formula is C14H14N4O3. The largest absolute Gasteiger partial charge is 0.354 e. The highest BCUT2D eigenvalue weighted by Gasteiger charge is 2.19. The Kier molecular flexibility index (Phi) is 3.63. The molecule has 1 aliphatic rings. The molecule has 0 saturated carbocycles. The van der Waals surface area contributed by atoms with E-state index in [1.807, 2.05) is 0 Å². The van der Waals surface area contributed by atoms with Gasteiger partial charge in [-0.2, -0.15) is 4.98 Å². The smallest absolute Gasteiger partial charge is 0.253 e. The first-order valence-electron chi connectivity index (χ1n) is 6.67. The molecule has 108 valence electrons. The molecule has 0 aliphatic carbocycles. The third kappa shape index (κ3) is 2.91. The summed E-state index contributed by atoms with van der Waals surface area (Å²) in [6, 6.07) is 7.01. The number of nitrogens with zero attached hydrogens (tertiary/aromatic N) is 3. The molecule has 2 amide bonds. The fourth-order valence-electron chi connectivity index (χ4n) is 2.21. The summed E-state index contributed by atoms with van der Waals surface area (Å²) in [7, 11) is 0. The van der Waals surface area contributed by atoms with E-state index in [1.165, 1.54) is 6.39 Å². The Morgan fingerprint density at radius 3 is 2.76 bits per heavy atom. The molecule has 7 heteroatoms. The van der Waals surface area contributed by atoms with Crippen molar-refractivity contribution in [2.24, 2.45) is 0 Å². The van der Waals surface area contributed by atoms with Crippen molar-refractivity contribution in [3.05, 3.63) is 36.2 Å². The van der Waals surface area contributed by atoms with Gasteiger partial charge in [0.25, 0.3) is 5.91 Å². The summed E-state index contributed by atoms with van der Waals surface area (Å²) >= 11 is 0. The molecule has 0 atom stereocenters. The molecule has 2 heterocycles. The van der Waals surface area contributed by atoms with E-state index in [9.17, 15) is 9.59 Å². The summed E-state index contributed by atoms with van der Waals surface area (Å²) in [5.41, 5.74) is 1.37. The molecule has 1 aliphatic heterocycles. The monoisotopic (exact) mass is 286 g/mol. The fourth-order valence-corrected chi connectivity index (χ4v) is 2.21. The number of nitrogens with one attached hydrogen (secondary N) is 1. The fraction of sp³-hybridized carbons (Fsp3) is 0.286. The summed E-state index contributed by atoms with van der Waals surface area (Å²) in [4.78, 5) is 29.3. The van der Waals surface area contributed by atoms with Gasteiger partial charge in [-0.15, -0.1) is 0 Å². The van der Waals surface area contributed by atoms with Gasteiger partial charge < -0.3 is 14.7 Å². The highest BCUT2D eigenvalue weighted by molar-refractivity contribution is 5.95. The van der Waals surface area contributed by atoms with E-state index < -0.39 is 0 Å². The van der Waals surface area contributed by atoms with Gasteiger partial charge in [-0.1, -0.05) is 17.3 Å². The molecule has 1 aromatic carbocycles. The number of carbonyl (C=O) groups is 2. The Hall–Kier alpha value is -2.70. The van der Waals surface area contributed by atoms with Crippen molar-refractivity contribution < 1.29 is 14.1 Å². The van der Waals surface area contributed by atoms with Crippen molar-refractivity contribution in [2.45, 2.75) is 6.42 Å². The molecule has 2 aromatic rings. The van der Waals surface area contributed by atoms with Crippen LogP contribution in [0.2, 0.25) is 0 Å². The molecule has 0 radical (unpaired) electrons. The van der Waals surface area contributed by atoms with Crippen LogP contribution in [-0.2, 0) is 4.79 Å². The number of rotatable bonds is 2. The topological polar surface area (TPSA) is 88.3 Å². The van der Waals surface area contributed by atoms with E-state index in [0.29, 0.717) is 37.4 Å². The Balaban J connectivity index is 1.74. The number of carbonyl (C=O) groups excluding carboxylic acids is 2. The first kappa shape index (κ1) is 13.3. The van der Waals surface area contributed by atoms with Crippen LogP contribution < -0.4 is 5.32 Å². The van der Waals surface area contributed by atoms with Crippen molar-refractivity contribution in [2.75, 3.05) is 19.6 Å². The molecule has 1 aromatic heterocycles. The Morgan fingerprint density at radius 2 is 2.05 bits per heavy atom. The molecule has 0 unspecified atom stereocenters. The van der Waals surface area contributed by atoms with Crippen LogP contribution in [0.5, 0.6) is 0 Å². The molecule has 7 nitrogen and oxygen atoms in total. The Bertz CT molecular complexity index is 637. The van der Waals surface area contributed by atoms with Crippen LogP contribution in [0.3, 0.4) is 0 Å². The number of aromatic nitrogens is 2. The van der Waals surface area contributed by atoms with Crippen LogP contribution in [0.1, 0.15) is 16.8 Å². The normalized spacial score (nSPS) is 15.4. The zero-order valence-electron chi connectivity index (χ0n) is 11.3. The second-order valence-electron chi connectivity index (χ2n) is 4.72. The van der Waals surface area contributed by atoms with Gasteiger partial charge >= 0.3 is 0 Å². The van der Waals surface area contributed by atoms with Gasteiger partial charge in [0.1, 0.15) is 0 Å². The minimum absolute atomic E-state index is 0.0160. The number of amides is 2. The van der Waals surface area contributed by atoms with Crippen molar-refractivity contribution >= 4 is 11.8 Å². The zero-order valence-corrected chi connectivity index (χ0v) is 11.3. The molecular weight excluding hydrogens is 272 g/mol. The summed E-state index contributed by atoms with van der Waals surface area (Å²) in [5, 5.41) is 6.49. The molecule has 0 bridgehead atoms. The summed E-state index contributed by atoms with van der Waals surface area (Å²) in [6.45, 7) is 1.46. The second kappa shape index (κ2) is 5.74. The van der Waals surface area contributed by atoms with Gasteiger partial charge in [0, 0.05) is 37.2 Å². The van der Waals surface area contributed by atoms with Crippen LogP contribution in [0.4, 0.5) is 0 Å². The molecule has 1 fully saturated rings. The van der Waals surface area contributed by atoms with E-state index >= 15 is 0 Å². The Morgan fingerprint density at radius 1 is 1.24 bits per heavy atom. The van der Waals surface area contributed by atoms with E-state index in [1.54, 1.807) is 29.2 Å². The highest BCUT2D eigenvalue weighted by atomic mass is 16.5. The molecule has 21 heavy (non-hydrogen) atoms. The second-order valence-corrected chi connectivity index (χ2v) is 4.72. The number of hydrogen-bond acceptors (Lipinski definition) is 5. The average Bonchev–Trinajstić information content (AvgIpc) is 2.96. The first-order chi connectivity index (χ1) is 10.2. The lowest BCUT2D eigenvalue weighted by Gasteiger charge is -2.19. The van der Waals surface area contributed by atoms with Crippen LogP contribution >= 0.6 is 0 Å². The van der Waals surface area contributed by atoms with Crippen LogP contribution in [0.15, 0.2) is 35.2 Å². The lowest BCUT2D eigenvalue weighted by Crippen LogP contribution is -2.34. The van der Waals surface area contributed by atoms with Gasteiger partial charge in [0.15, 0.2) is 0 Å². The van der Waals surface area contributed by atoms with E-state index in [4.69, 9.17) is 4.52 Å². The van der Waals surface area contributed by atoms with Gasteiger partial charge in [-0.25, -0.2) is 0 Å². The third-order valence-electron chi connectivity index (χ3n) is 3.35. The van der Waals surface area contributed by atoms with Crippen LogP contribution in [0.25, 0.3) is 11.4 Å². The van der Waals surface area contributed by atoms with Crippen molar-refractivity contribution in [1.29, 1.82) is 0 Å². The molecule has 1 saturated heterocycles. The quantitative estimate of drug-likeness (QED) is 0.878. The standard InChI is InChI=1S/C14H14N4O3/c19-12-5-7-18(8-6-15-12)14(20)11-3-1-10(2-4-11)13-16-9-21-17-13/h1-4,9H,5-8H2,(H,15,19). The minimum atomic E-state index is -0.0776. The maximum Gasteiger partial charge on any atom is 0.253 e. The zero-order chi connectivity index (χ0) is 14.7. The maximum atomic E-state index is 12.4. The third-order valence-corrected chi connectivity index (χ3v) is 3.35. The van der Waals surface area contributed by atoms with Crippen molar-refractivity contribution in [3.63, 3.8) is 0 Å². The number of benzene rings is 1. The highest BCUT2D eigenvalue weighted by Crippen LogP contribution is 2.16.